The summed E-state index contributed by atoms with van der Waals surface area (Å²) >= 11 is 7.94. The highest BCUT2D eigenvalue weighted by atomic mass is 79.9. The Bertz CT molecular complexity index is 314. The zero-order chi connectivity index (χ0) is 9.14. The van der Waals surface area contributed by atoms with Gasteiger partial charge in [0.15, 0.2) is 0 Å². The highest BCUT2D eigenvalue weighted by Gasteiger charge is 2.03. The minimum Gasteiger partial charge on any atom is -0.349 e. The first-order valence-electron chi connectivity index (χ1n) is 3.33. The van der Waals surface area contributed by atoms with E-state index in [0.29, 0.717) is 15.1 Å². The van der Waals surface area contributed by atoms with Crippen molar-refractivity contribution in [3.05, 3.63) is 28.5 Å². The second kappa shape index (κ2) is 3.96. The number of hydrogen-bond acceptors (Lipinski definition) is 1. The molecule has 1 nitrogen and oxygen atoms in total. The Kier molecular flexibility index (Phi) is 3.17. The van der Waals surface area contributed by atoms with Gasteiger partial charge >= 0.3 is 0 Å². The van der Waals surface area contributed by atoms with Gasteiger partial charge in [0.25, 0.3) is 0 Å². The normalized spacial score (nSPS) is 9.58. The Morgan fingerprint density at radius 2 is 2.25 bits per heavy atom. The molecule has 0 fully saturated rings. The van der Waals surface area contributed by atoms with E-state index in [1.807, 2.05) is 0 Å². The van der Waals surface area contributed by atoms with Crippen LogP contribution in [0.5, 0.6) is 0 Å². The molecular formula is C8H7BrFNS. The second-order valence-corrected chi connectivity index (χ2v) is 3.69. The molecule has 12 heavy (non-hydrogen) atoms. The molecule has 1 rings (SSSR count). The van der Waals surface area contributed by atoms with Gasteiger partial charge in [-0.3, -0.25) is 0 Å². The molecule has 0 saturated carbocycles. The molecule has 0 aromatic heterocycles. The number of halogens is 2. The molecular weight excluding hydrogens is 241 g/mol. The standard InChI is InChI=1S/C8H7BrFNS/c1-5(12)11-7-4-2-3-6(10)8(7)9/h2-4H,1H3,(H,11,12). The lowest BCUT2D eigenvalue weighted by molar-refractivity contribution is 0.622. The van der Waals surface area contributed by atoms with Gasteiger partial charge in [-0.05, 0) is 35.0 Å². The van der Waals surface area contributed by atoms with Crippen LogP contribution in [0, 0.1) is 5.82 Å². The van der Waals surface area contributed by atoms with E-state index in [2.05, 4.69) is 21.2 Å². The van der Waals surface area contributed by atoms with Crippen LogP contribution >= 0.6 is 28.1 Å². The summed E-state index contributed by atoms with van der Waals surface area (Å²) in [7, 11) is 0. The average molecular weight is 248 g/mol. The predicted octanol–water partition coefficient (Wildman–Crippen LogP) is 3.35. The Labute approximate surface area is 84.1 Å². The molecule has 1 aromatic carbocycles. The third kappa shape index (κ3) is 2.25. The maximum Gasteiger partial charge on any atom is 0.139 e. The van der Waals surface area contributed by atoms with Crippen LogP contribution in [0.1, 0.15) is 6.92 Å². The molecule has 0 amide bonds. The van der Waals surface area contributed by atoms with Gasteiger partial charge in [0.05, 0.1) is 15.1 Å². The van der Waals surface area contributed by atoms with E-state index >= 15 is 0 Å². The molecule has 4 heteroatoms. The summed E-state index contributed by atoms with van der Waals surface area (Å²) in [6.45, 7) is 1.74. The van der Waals surface area contributed by atoms with Crippen molar-refractivity contribution in [2.75, 3.05) is 5.32 Å². The van der Waals surface area contributed by atoms with Crippen LogP contribution in [0.4, 0.5) is 10.1 Å². The summed E-state index contributed by atoms with van der Waals surface area (Å²) < 4.78 is 13.3. The molecule has 0 spiro atoms. The quantitative estimate of drug-likeness (QED) is 0.765. The van der Waals surface area contributed by atoms with E-state index in [9.17, 15) is 4.39 Å². The van der Waals surface area contributed by atoms with Crippen molar-refractivity contribution in [3.63, 3.8) is 0 Å². The van der Waals surface area contributed by atoms with Gasteiger partial charge in [0, 0.05) is 0 Å². The van der Waals surface area contributed by atoms with Crippen molar-refractivity contribution in [3.8, 4) is 0 Å². The van der Waals surface area contributed by atoms with Gasteiger partial charge in [0.1, 0.15) is 5.82 Å². The molecule has 64 valence electrons. The number of anilines is 1. The number of hydrogen-bond donors (Lipinski definition) is 1. The average Bonchev–Trinajstić information content (AvgIpc) is 1.98. The summed E-state index contributed by atoms with van der Waals surface area (Å²) in [4.78, 5) is 0.612. The zero-order valence-corrected chi connectivity index (χ0v) is 8.80. The molecule has 0 bridgehead atoms. The summed E-state index contributed by atoms with van der Waals surface area (Å²) in [6, 6.07) is 4.76. The van der Waals surface area contributed by atoms with Crippen molar-refractivity contribution in [2.24, 2.45) is 0 Å². The van der Waals surface area contributed by atoms with Crippen LogP contribution in [-0.4, -0.2) is 4.99 Å². The molecule has 0 aliphatic carbocycles. The minimum absolute atomic E-state index is 0.295. The fraction of sp³-hybridized carbons (Fsp3) is 0.125. The molecule has 0 unspecified atom stereocenters. The Hall–Kier alpha value is -0.480. The van der Waals surface area contributed by atoms with Crippen LogP contribution in [0.15, 0.2) is 22.7 Å². The monoisotopic (exact) mass is 247 g/mol. The molecule has 1 N–H and O–H groups in total. The lowest BCUT2D eigenvalue weighted by atomic mass is 10.3. The van der Waals surface area contributed by atoms with Crippen LogP contribution in [0.25, 0.3) is 0 Å². The van der Waals surface area contributed by atoms with Crippen LogP contribution in [0.3, 0.4) is 0 Å². The molecule has 0 aliphatic rings. The fourth-order valence-corrected chi connectivity index (χ4v) is 1.26. The van der Waals surface area contributed by atoms with E-state index in [1.165, 1.54) is 6.07 Å². The highest BCUT2D eigenvalue weighted by molar-refractivity contribution is 9.10. The van der Waals surface area contributed by atoms with Crippen molar-refractivity contribution < 1.29 is 4.39 Å². The number of benzene rings is 1. The van der Waals surface area contributed by atoms with E-state index in [1.54, 1.807) is 19.1 Å². The maximum absolute atomic E-state index is 12.9. The van der Waals surface area contributed by atoms with Gasteiger partial charge in [-0.2, -0.15) is 0 Å². The molecule has 0 atom stereocenters. The summed E-state index contributed by atoms with van der Waals surface area (Å²) in [5, 5.41) is 2.86. The van der Waals surface area contributed by atoms with Gasteiger partial charge in [-0.15, -0.1) is 0 Å². The first-order chi connectivity index (χ1) is 5.61. The maximum atomic E-state index is 12.9. The lowest BCUT2D eigenvalue weighted by Crippen LogP contribution is -2.04. The number of nitrogens with one attached hydrogen (secondary N) is 1. The SMILES string of the molecule is CC(=S)Nc1cccc(F)c1Br. The first kappa shape index (κ1) is 9.61. The second-order valence-electron chi connectivity index (χ2n) is 2.28. The van der Waals surface area contributed by atoms with E-state index in [-0.39, 0.29) is 5.82 Å². The van der Waals surface area contributed by atoms with Gasteiger partial charge in [-0.25, -0.2) is 4.39 Å². The number of thiocarbonyl (C=S) groups is 1. The Morgan fingerprint density at radius 3 is 2.83 bits per heavy atom. The van der Waals surface area contributed by atoms with Gasteiger partial charge in [-0.1, -0.05) is 18.3 Å². The largest absolute Gasteiger partial charge is 0.349 e. The molecule has 0 radical (unpaired) electrons. The molecule has 1 aromatic rings. The van der Waals surface area contributed by atoms with Gasteiger partial charge < -0.3 is 5.32 Å². The van der Waals surface area contributed by atoms with Crippen molar-refractivity contribution >= 4 is 38.8 Å². The van der Waals surface area contributed by atoms with Crippen LogP contribution in [0.2, 0.25) is 0 Å². The molecule has 0 saturated heterocycles. The first-order valence-corrected chi connectivity index (χ1v) is 4.53. The van der Waals surface area contributed by atoms with Gasteiger partial charge in [0.2, 0.25) is 0 Å². The fourth-order valence-electron chi connectivity index (χ4n) is 0.790. The zero-order valence-electron chi connectivity index (χ0n) is 6.40. The van der Waals surface area contributed by atoms with Crippen molar-refractivity contribution in [1.82, 2.24) is 0 Å². The third-order valence-electron chi connectivity index (χ3n) is 1.26. The van der Waals surface area contributed by atoms with E-state index in [4.69, 9.17) is 12.2 Å². The Balaban J connectivity index is 3.00. The van der Waals surface area contributed by atoms with Crippen LogP contribution in [-0.2, 0) is 0 Å². The smallest absolute Gasteiger partial charge is 0.139 e. The molecule has 0 aliphatic heterocycles. The summed E-state index contributed by atoms with van der Waals surface area (Å²) in [5.74, 6) is -0.295. The highest BCUT2D eigenvalue weighted by Crippen LogP contribution is 2.24. The molecule has 0 heterocycles. The third-order valence-corrected chi connectivity index (χ3v) is 2.17. The Morgan fingerprint density at radius 1 is 1.58 bits per heavy atom. The van der Waals surface area contributed by atoms with E-state index < -0.39 is 0 Å². The number of rotatable bonds is 1. The summed E-state index contributed by atoms with van der Waals surface area (Å²) in [5.41, 5.74) is 0.655. The van der Waals surface area contributed by atoms with Crippen LogP contribution < -0.4 is 5.32 Å². The summed E-state index contributed by atoms with van der Waals surface area (Å²) in [6.07, 6.45) is 0. The van der Waals surface area contributed by atoms with Crippen molar-refractivity contribution in [2.45, 2.75) is 6.92 Å². The van der Waals surface area contributed by atoms with Crippen molar-refractivity contribution in [1.29, 1.82) is 0 Å². The van der Waals surface area contributed by atoms with E-state index in [0.717, 1.165) is 0 Å². The minimum atomic E-state index is -0.295. The lowest BCUT2D eigenvalue weighted by Gasteiger charge is -2.06. The topological polar surface area (TPSA) is 12.0 Å². The predicted molar refractivity (Wildman–Crippen MR) is 56.0 cm³/mol.